The normalized spacial score (nSPS) is 20.5. The highest BCUT2D eigenvalue weighted by atomic mass is 35.5. The van der Waals surface area contributed by atoms with Crippen LogP contribution in [0.3, 0.4) is 0 Å². The molecule has 7 nitrogen and oxygen atoms in total. The third-order valence-electron chi connectivity index (χ3n) is 2.49. The van der Waals surface area contributed by atoms with Crippen molar-refractivity contribution >= 4 is 27.5 Å². The van der Waals surface area contributed by atoms with Crippen molar-refractivity contribution in [2.75, 3.05) is 6.54 Å². The first kappa shape index (κ1) is 13.2. The number of rotatable bonds is 3. The van der Waals surface area contributed by atoms with Gasteiger partial charge in [-0.05, 0) is 18.0 Å². The summed E-state index contributed by atoms with van der Waals surface area (Å²) in [6, 6.07) is -0.316. The highest BCUT2D eigenvalue weighted by molar-refractivity contribution is 7.89. The van der Waals surface area contributed by atoms with Gasteiger partial charge < -0.3 is 5.32 Å². The summed E-state index contributed by atoms with van der Waals surface area (Å²) in [5.41, 5.74) is 0. The van der Waals surface area contributed by atoms with Gasteiger partial charge >= 0.3 is 0 Å². The van der Waals surface area contributed by atoms with Gasteiger partial charge in [-0.15, -0.1) is 0 Å². The van der Waals surface area contributed by atoms with Crippen molar-refractivity contribution in [2.45, 2.75) is 23.8 Å². The average molecular weight is 291 g/mol. The van der Waals surface area contributed by atoms with Crippen molar-refractivity contribution in [3.05, 3.63) is 17.7 Å². The number of nitrogens with one attached hydrogen (secondary N) is 2. The molecule has 98 valence electrons. The van der Waals surface area contributed by atoms with Gasteiger partial charge in [0.2, 0.25) is 21.2 Å². The van der Waals surface area contributed by atoms with Gasteiger partial charge in [0.15, 0.2) is 0 Å². The summed E-state index contributed by atoms with van der Waals surface area (Å²) < 4.78 is 26.4. The van der Waals surface area contributed by atoms with Crippen LogP contribution in [0.2, 0.25) is 5.28 Å². The minimum absolute atomic E-state index is 0.0149. The lowest BCUT2D eigenvalue weighted by molar-refractivity contribution is -0.122. The van der Waals surface area contributed by atoms with E-state index in [-0.39, 0.29) is 28.7 Å². The fraction of sp³-hybridized carbons (Fsp3) is 0.444. The van der Waals surface area contributed by atoms with E-state index in [1.807, 2.05) is 0 Å². The monoisotopic (exact) mass is 290 g/mol. The number of hydrogen-bond donors (Lipinski definition) is 2. The summed E-state index contributed by atoms with van der Waals surface area (Å²) in [5, 5.41) is 2.58. The van der Waals surface area contributed by atoms with Gasteiger partial charge in [0, 0.05) is 19.0 Å². The number of carbonyl (C=O) groups excluding carboxylic acids is 1. The molecule has 0 saturated carbocycles. The molecule has 1 saturated heterocycles. The van der Waals surface area contributed by atoms with E-state index in [0.717, 1.165) is 12.4 Å². The molecule has 1 fully saturated rings. The standard InChI is InChI=1S/C9H11ClN4O3S/c10-9-12-4-7(5-13-9)18(16,17)14-6-1-2-8(15)11-3-6/h4-6,14H,1-3H2,(H,11,15). The number of carbonyl (C=O) groups is 1. The molecule has 1 aromatic heterocycles. The van der Waals surface area contributed by atoms with Gasteiger partial charge in [0.25, 0.3) is 0 Å². The van der Waals surface area contributed by atoms with Crippen LogP contribution in [0.5, 0.6) is 0 Å². The van der Waals surface area contributed by atoms with Crippen LogP contribution >= 0.6 is 11.6 Å². The van der Waals surface area contributed by atoms with Gasteiger partial charge in [-0.1, -0.05) is 0 Å². The molecule has 0 bridgehead atoms. The second-order valence-corrected chi connectivity index (χ2v) is 5.90. The third-order valence-corrected chi connectivity index (χ3v) is 4.16. The SMILES string of the molecule is O=C1CCC(NS(=O)(=O)c2cnc(Cl)nc2)CN1. The van der Waals surface area contributed by atoms with Crippen LogP contribution in [-0.4, -0.2) is 36.9 Å². The molecule has 9 heteroatoms. The van der Waals surface area contributed by atoms with E-state index in [9.17, 15) is 13.2 Å². The fourth-order valence-corrected chi connectivity index (χ4v) is 2.82. The molecule has 1 unspecified atom stereocenters. The van der Waals surface area contributed by atoms with E-state index < -0.39 is 10.0 Å². The van der Waals surface area contributed by atoms with Gasteiger partial charge in [-0.3, -0.25) is 4.79 Å². The Morgan fingerprint density at radius 1 is 1.39 bits per heavy atom. The number of amides is 1. The van der Waals surface area contributed by atoms with E-state index in [2.05, 4.69) is 20.0 Å². The van der Waals surface area contributed by atoms with Gasteiger partial charge in [0.05, 0.1) is 12.4 Å². The van der Waals surface area contributed by atoms with E-state index >= 15 is 0 Å². The molecule has 0 aliphatic carbocycles. The maximum atomic E-state index is 11.9. The van der Waals surface area contributed by atoms with Gasteiger partial charge in [-0.25, -0.2) is 23.1 Å². The first-order valence-electron chi connectivity index (χ1n) is 5.24. The van der Waals surface area contributed by atoms with Crippen molar-refractivity contribution in [3.8, 4) is 0 Å². The van der Waals surface area contributed by atoms with Crippen molar-refractivity contribution in [3.63, 3.8) is 0 Å². The Morgan fingerprint density at radius 3 is 2.61 bits per heavy atom. The molecule has 1 aliphatic heterocycles. The molecule has 1 atom stereocenters. The zero-order valence-electron chi connectivity index (χ0n) is 9.26. The molecule has 2 rings (SSSR count). The highest BCUT2D eigenvalue weighted by Crippen LogP contribution is 2.11. The number of sulfonamides is 1. The number of halogens is 1. The molecular formula is C9H11ClN4O3S. The van der Waals surface area contributed by atoms with Crippen LogP contribution < -0.4 is 10.0 Å². The summed E-state index contributed by atoms with van der Waals surface area (Å²) in [6.45, 7) is 0.284. The average Bonchev–Trinajstić information content (AvgIpc) is 2.32. The molecule has 0 radical (unpaired) electrons. The first-order valence-corrected chi connectivity index (χ1v) is 7.10. The molecule has 2 heterocycles. The summed E-state index contributed by atoms with van der Waals surface area (Å²) in [4.78, 5) is 18.1. The Bertz CT molecular complexity index is 535. The second-order valence-electron chi connectivity index (χ2n) is 3.85. The second kappa shape index (κ2) is 5.17. The molecule has 2 N–H and O–H groups in total. The lowest BCUT2D eigenvalue weighted by Gasteiger charge is -2.23. The van der Waals surface area contributed by atoms with Gasteiger partial charge in [-0.2, -0.15) is 0 Å². The Kier molecular flexibility index (Phi) is 3.79. The maximum Gasteiger partial charge on any atom is 0.243 e. The zero-order chi connectivity index (χ0) is 13.2. The van der Waals surface area contributed by atoms with Crippen LogP contribution in [0.15, 0.2) is 17.3 Å². The van der Waals surface area contributed by atoms with Crippen LogP contribution in [0, 0.1) is 0 Å². The minimum Gasteiger partial charge on any atom is -0.355 e. The third kappa shape index (κ3) is 3.15. The Morgan fingerprint density at radius 2 is 2.06 bits per heavy atom. The predicted molar refractivity (Wildman–Crippen MR) is 63.4 cm³/mol. The van der Waals surface area contributed by atoms with Crippen LogP contribution in [-0.2, 0) is 14.8 Å². The predicted octanol–water partition coefficient (Wildman–Crippen LogP) is -0.313. The summed E-state index contributed by atoms with van der Waals surface area (Å²) in [7, 11) is -3.68. The molecule has 18 heavy (non-hydrogen) atoms. The van der Waals surface area contributed by atoms with E-state index in [0.29, 0.717) is 12.8 Å². The largest absolute Gasteiger partial charge is 0.355 e. The van der Waals surface area contributed by atoms with E-state index in [1.54, 1.807) is 0 Å². The topological polar surface area (TPSA) is 101 Å². The van der Waals surface area contributed by atoms with Crippen molar-refractivity contribution in [2.24, 2.45) is 0 Å². The Hall–Kier alpha value is -1.25. The number of nitrogens with zero attached hydrogens (tertiary/aromatic N) is 2. The molecular weight excluding hydrogens is 280 g/mol. The number of aromatic nitrogens is 2. The lowest BCUT2D eigenvalue weighted by atomic mass is 10.1. The van der Waals surface area contributed by atoms with Crippen LogP contribution in [0.4, 0.5) is 0 Å². The maximum absolute atomic E-state index is 11.9. The Labute approximate surface area is 109 Å². The van der Waals surface area contributed by atoms with Crippen LogP contribution in [0.1, 0.15) is 12.8 Å². The summed E-state index contributed by atoms with van der Waals surface area (Å²) in [5.74, 6) is -0.0692. The van der Waals surface area contributed by atoms with Crippen LogP contribution in [0.25, 0.3) is 0 Å². The van der Waals surface area contributed by atoms with Gasteiger partial charge in [0.1, 0.15) is 4.90 Å². The van der Waals surface area contributed by atoms with E-state index in [4.69, 9.17) is 11.6 Å². The molecule has 1 aliphatic rings. The summed E-state index contributed by atoms with van der Waals surface area (Å²) in [6.07, 6.45) is 3.06. The minimum atomic E-state index is -3.68. The fourth-order valence-electron chi connectivity index (χ4n) is 1.56. The lowest BCUT2D eigenvalue weighted by Crippen LogP contribution is -2.47. The quantitative estimate of drug-likeness (QED) is 0.744. The van der Waals surface area contributed by atoms with Crippen molar-refractivity contribution < 1.29 is 13.2 Å². The zero-order valence-corrected chi connectivity index (χ0v) is 10.8. The van der Waals surface area contributed by atoms with Crippen molar-refractivity contribution in [1.82, 2.24) is 20.0 Å². The Balaban J connectivity index is 2.07. The highest BCUT2D eigenvalue weighted by Gasteiger charge is 2.24. The van der Waals surface area contributed by atoms with E-state index in [1.165, 1.54) is 0 Å². The molecule has 0 aromatic carbocycles. The molecule has 0 spiro atoms. The van der Waals surface area contributed by atoms with Crippen molar-refractivity contribution in [1.29, 1.82) is 0 Å². The first-order chi connectivity index (χ1) is 8.47. The molecule has 1 amide bonds. The molecule has 1 aromatic rings. The smallest absolute Gasteiger partial charge is 0.243 e. The number of hydrogen-bond acceptors (Lipinski definition) is 5. The summed E-state index contributed by atoms with van der Waals surface area (Å²) >= 11 is 5.48. The number of piperidine rings is 1.